The second-order valence-electron chi connectivity index (χ2n) is 7.73. The zero-order chi connectivity index (χ0) is 21.8. The number of nitrogen functional groups attached to an aromatic ring is 1. The van der Waals surface area contributed by atoms with Gasteiger partial charge in [0.15, 0.2) is 5.78 Å². The molecule has 2 rings (SSSR count). The molecular weight excluding hydrogens is 366 g/mol. The van der Waals surface area contributed by atoms with E-state index in [1.165, 1.54) is 11.8 Å². The third-order valence-electron chi connectivity index (χ3n) is 4.13. The zero-order valence-electron chi connectivity index (χ0n) is 17.0. The lowest BCUT2D eigenvalue weighted by Gasteiger charge is -2.32. The lowest BCUT2D eigenvalue weighted by Crippen LogP contribution is -2.49. The summed E-state index contributed by atoms with van der Waals surface area (Å²) in [5, 5.41) is 2.90. The number of amides is 2. The number of benzene rings is 2. The standard InChI is InChI=1S/C23H25N3O3/c1-6-20(28)26(19-9-7-8-17(14-19)15(2)27)21(22(29)25-23(3,4)5)16-10-12-18(24)13-11-16/h1,7-14,21H,24H2,2-5H3,(H,25,29). The predicted octanol–water partition coefficient (Wildman–Crippen LogP) is 3.09. The Morgan fingerprint density at radius 2 is 1.72 bits per heavy atom. The lowest BCUT2D eigenvalue weighted by atomic mass is 10.00. The molecule has 150 valence electrons. The summed E-state index contributed by atoms with van der Waals surface area (Å²) in [6, 6.07) is 12.1. The van der Waals surface area contributed by atoms with Gasteiger partial charge in [-0.05, 0) is 63.4 Å². The molecule has 0 saturated heterocycles. The van der Waals surface area contributed by atoms with Crippen LogP contribution in [0.5, 0.6) is 0 Å². The number of carbonyl (C=O) groups is 3. The summed E-state index contributed by atoms with van der Waals surface area (Å²) >= 11 is 0. The molecule has 0 radical (unpaired) electrons. The number of rotatable bonds is 5. The molecule has 0 spiro atoms. The number of anilines is 2. The van der Waals surface area contributed by atoms with Gasteiger partial charge in [-0.3, -0.25) is 19.3 Å². The van der Waals surface area contributed by atoms with E-state index in [1.807, 2.05) is 20.8 Å². The van der Waals surface area contributed by atoms with Crippen LogP contribution in [0.4, 0.5) is 11.4 Å². The number of terminal acetylenes is 1. The van der Waals surface area contributed by atoms with Crippen LogP contribution in [0.2, 0.25) is 0 Å². The second-order valence-corrected chi connectivity index (χ2v) is 7.73. The Kier molecular flexibility index (Phi) is 6.45. The minimum Gasteiger partial charge on any atom is -0.399 e. The monoisotopic (exact) mass is 391 g/mol. The minimum absolute atomic E-state index is 0.164. The number of nitrogens with two attached hydrogens (primary N) is 1. The smallest absolute Gasteiger partial charge is 0.303 e. The molecule has 3 N–H and O–H groups in total. The number of ketones is 1. The number of Topliss-reactive ketones (excluding diaryl/α,β-unsaturated/α-hetero) is 1. The molecule has 0 aliphatic heterocycles. The van der Waals surface area contributed by atoms with E-state index >= 15 is 0 Å². The Hall–Kier alpha value is -3.59. The van der Waals surface area contributed by atoms with Crippen molar-refractivity contribution in [2.24, 2.45) is 0 Å². The Bertz CT molecular complexity index is 966. The highest BCUT2D eigenvalue weighted by atomic mass is 16.2. The Labute approximate surface area is 171 Å². The van der Waals surface area contributed by atoms with Crippen molar-refractivity contribution in [3.8, 4) is 12.3 Å². The summed E-state index contributed by atoms with van der Waals surface area (Å²) in [6.45, 7) is 6.95. The summed E-state index contributed by atoms with van der Waals surface area (Å²) in [5.74, 6) is 0.824. The first-order valence-electron chi connectivity index (χ1n) is 9.12. The van der Waals surface area contributed by atoms with E-state index in [0.717, 1.165) is 0 Å². The summed E-state index contributed by atoms with van der Waals surface area (Å²) in [5.41, 5.74) is 7.07. The molecule has 6 nitrogen and oxygen atoms in total. The van der Waals surface area contributed by atoms with Gasteiger partial charge in [-0.2, -0.15) is 0 Å². The molecule has 0 aliphatic rings. The van der Waals surface area contributed by atoms with Crippen molar-refractivity contribution in [2.75, 3.05) is 10.6 Å². The summed E-state index contributed by atoms with van der Waals surface area (Å²) < 4.78 is 0. The normalized spacial score (nSPS) is 11.8. The third-order valence-corrected chi connectivity index (χ3v) is 4.13. The quantitative estimate of drug-likeness (QED) is 0.465. The van der Waals surface area contributed by atoms with Crippen molar-refractivity contribution < 1.29 is 14.4 Å². The molecule has 1 unspecified atom stereocenters. The van der Waals surface area contributed by atoms with Crippen LogP contribution in [-0.4, -0.2) is 23.1 Å². The average Bonchev–Trinajstić information content (AvgIpc) is 2.65. The van der Waals surface area contributed by atoms with E-state index in [4.69, 9.17) is 12.2 Å². The van der Waals surface area contributed by atoms with Gasteiger partial charge in [-0.15, -0.1) is 6.42 Å². The van der Waals surface area contributed by atoms with Crippen molar-refractivity contribution in [2.45, 2.75) is 39.3 Å². The van der Waals surface area contributed by atoms with Gasteiger partial charge in [0.2, 0.25) is 5.91 Å². The van der Waals surface area contributed by atoms with Crippen LogP contribution >= 0.6 is 0 Å². The fraction of sp³-hybridized carbons (Fsp3) is 0.261. The van der Waals surface area contributed by atoms with E-state index in [0.29, 0.717) is 22.5 Å². The number of carbonyl (C=O) groups excluding carboxylic acids is 3. The van der Waals surface area contributed by atoms with Crippen molar-refractivity contribution in [3.63, 3.8) is 0 Å². The Morgan fingerprint density at radius 3 is 2.24 bits per heavy atom. The van der Waals surface area contributed by atoms with Crippen LogP contribution < -0.4 is 16.0 Å². The highest BCUT2D eigenvalue weighted by molar-refractivity contribution is 6.10. The van der Waals surface area contributed by atoms with Gasteiger partial charge in [0.25, 0.3) is 0 Å². The van der Waals surface area contributed by atoms with Gasteiger partial charge in [0.1, 0.15) is 6.04 Å². The molecule has 2 amide bonds. The number of nitrogens with zero attached hydrogens (tertiary/aromatic N) is 1. The molecule has 2 aromatic carbocycles. The van der Waals surface area contributed by atoms with Crippen molar-refractivity contribution in [3.05, 3.63) is 59.7 Å². The Balaban J connectivity index is 2.67. The van der Waals surface area contributed by atoms with E-state index in [2.05, 4.69) is 11.2 Å². The van der Waals surface area contributed by atoms with Crippen LogP contribution in [-0.2, 0) is 9.59 Å². The average molecular weight is 391 g/mol. The van der Waals surface area contributed by atoms with Crippen LogP contribution in [0, 0.1) is 12.3 Å². The van der Waals surface area contributed by atoms with Gasteiger partial charge >= 0.3 is 5.91 Å². The first-order valence-corrected chi connectivity index (χ1v) is 9.12. The first kappa shape index (κ1) is 21.7. The second kappa shape index (κ2) is 8.61. The first-order chi connectivity index (χ1) is 13.5. The zero-order valence-corrected chi connectivity index (χ0v) is 17.0. The van der Waals surface area contributed by atoms with Crippen LogP contribution in [0.25, 0.3) is 0 Å². The molecule has 0 heterocycles. The molecule has 0 aliphatic carbocycles. The molecule has 0 bridgehead atoms. The van der Waals surface area contributed by atoms with E-state index in [-0.39, 0.29) is 5.78 Å². The maximum atomic E-state index is 13.2. The van der Waals surface area contributed by atoms with Crippen LogP contribution in [0.15, 0.2) is 48.5 Å². The van der Waals surface area contributed by atoms with Crippen LogP contribution in [0.3, 0.4) is 0 Å². The van der Waals surface area contributed by atoms with Gasteiger partial charge < -0.3 is 11.1 Å². The molecule has 29 heavy (non-hydrogen) atoms. The predicted molar refractivity (Wildman–Crippen MR) is 114 cm³/mol. The molecule has 6 heteroatoms. The minimum atomic E-state index is -1.04. The fourth-order valence-electron chi connectivity index (χ4n) is 2.86. The van der Waals surface area contributed by atoms with Crippen LogP contribution in [0.1, 0.15) is 49.7 Å². The molecule has 2 aromatic rings. The van der Waals surface area contributed by atoms with Gasteiger partial charge in [0.05, 0.1) is 0 Å². The molecule has 0 fully saturated rings. The van der Waals surface area contributed by atoms with E-state index in [9.17, 15) is 14.4 Å². The number of hydrogen-bond acceptors (Lipinski definition) is 4. The third kappa shape index (κ3) is 5.45. The SMILES string of the molecule is C#CC(=O)N(c1cccc(C(C)=O)c1)C(C(=O)NC(C)(C)C)c1ccc(N)cc1. The lowest BCUT2D eigenvalue weighted by molar-refractivity contribution is -0.126. The molecule has 1 atom stereocenters. The maximum Gasteiger partial charge on any atom is 0.303 e. The summed E-state index contributed by atoms with van der Waals surface area (Å²) in [4.78, 5) is 39.0. The van der Waals surface area contributed by atoms with E-state index < -0.39 is 23.4 Å². The molecular formula is C23H25N3O3. The fourth-order valence-corrected chi connectivity index (χ4v) is 2.86. The summed E-state index contributed by atoms with van der Waals surface area (Å²) in [6.07, 6.45) is 5.42. The van der Waals surface area contributed by atoms with Gasteiger partial charge in [-0.25, -0.2) is 0 Å². The highest BCUT2D eigenvalue weighted by Crippen LogP contribution is 2.30. The summed E-state index contributed by atoms with van der Waals surface area (Å²) in [7, 11) is 0. The Morgan fingerprint density at radius 1 is 1.10 bits per heavy atom. The maximum absolute atomic E-state index is 13.2. The highest BCUT2D eigenvalue weighted by Gasteiger charge is 2.34. The van der Waals surface area contributed by atoms with Crippen molar-refractivity contribution >= 4 is 29.0 Å². The van der Waals surface area contributed by atoms with Crippen molar-refractivity contribution in [1.82, 2.24) is 5.32 Å². The van der Waals surface area contributed by atoms with Gasteiger partial charge in [-0.1, -0.05) is 24.3 Å². The molecule has 0 saturated carbocycles. The van der Waals surface area contributed by atoms with E-state index in [1.54, 1.807) is 48.5 Å². The number of nitrogens with one attached hydrogen (secondary N) is 1. The van der Waals surface area contributed by atoms with Gasteiger partial charge in [0, 0.05) is 22.5 Å². The molecule has 0 aromatic heterocycles. The largest absolute Gasteiger partial charge is 0.399 e. The van der Waals surface area contributed by atoms with Crippen molar-refractivity contribution in [1.29, 1.82) is 0 Å². The number of hydrogen-bond donors (Lipinski definition) is 2. The topological polar surface area (TPSA) is 92.5 Å².